The Labute approximate surface area is 309 Å². The van der Waals surface area contributed by atoms with Gasteiger partial charge >= 0.3 is 23.9 Å². The van der Waals surface area contributed by atoms with Crippen LogP contribution < -0.4 is 14.2 Å². The molecule has 0 fully saturated rings. The summed E-state index contributed by atoms with van der Waals surface area (Å²) in [7, 11) is 0. The summed E-state index contributed by atoms with van der Waals surface area (Å²) in [5.41, 5.74) is 1.25. The van der Waals surface area contributed by atoms with Crippen LogP contribution in [0.1, 0.15) is 22.6 Å². The van der Waals surface area contributed by atoms with Gasteiger partial charge in [-0.1, -0.05) is 91.0 Å². The number of ether oxygens (including phenoxy) is 3. The fourth-order valence-corrected chi connectivity index (χ4v) is 4.67. The molecule has 8 nitrogen and oxygen atoms in total. The van der Waals surface area contributed by atoms with Gasteiger partial charge < -0.3 is 19.3 Å². The molecule has 1 N–H and O–H groups in total. The molecule has 6 aromatic carbocycles. The molecule has 0 aliphatic carbocycles. The summed E-state index contributed by atoms with van der Waals surface area (Å²) in [5, 5.41) is 8.34. The smallest absolute Gasteiger partial charge is 0.330 e. The third-order valence-corrected chi connectivity index (χ3v) is 7.03. The number of hydrogen-bond acceptors (Lipinski definition) is 7. The van der Waals surface area contributed by atoms with Gasteiger partial charge in [0.1, 0.15) is 34.7 Å². The molecule has 0 amide bonds. The van der Waals surface area contributed by atoms with Crippen molar-refractivity contribution in [2.75, 3.05) is 0 Å². The van der Waals surface area contributed by atoms with E-state index < -0.39 is 41.4 Å². The van der Waals surface area contributed by atoms with E-state index in [4.69, 9.17) is 19.3 Å². The molecular formula is C43H33F3O8. The van der Waals surface area contributed by atoms with Crippen LogP contribution in [-0.4, -0.2) is 29.0 Å². The summed E-state index contributed by atoms with van der Waals surface area (Å²) in [6, 6.07) is 42.2. The van der Waals surface area contributed by atoms with E-state index in [2.05, 4.69) is 0 Å². The molecule has 11 heteroatoms. The maximum absolute atomic E-state index is 13.6. The summed E-state index contributed by atoms with van der Waals surface area (Å²) in [4.78, 5) is 46.9. The van der Waals surface area contributed by atoms with Gasteiger partial charge in [-0.05, 0) is 89.5 Å². The van der Waals surface area contributed by atoms with Gasteiger partial charge in [-0.2, -0.15) is 0 Å². The number of benzene rings is 6. The third kappa shape index (κ3) is 14.0. The van der Waals surface area contributed by atoms with Gasteiger partial charge in [-0.15, -0.1) is 0 Å². The van der Waals surface area contributed by atoms with E-state index in [1.165, 1.54) is 48.5 Å². The Morgan fingerprint density at radius 3 is 1.26 bits per heavy atom. The number of carbonyl (C=O) groups excluding carboxylic acids is 3. The first-order valence-corrected chi connectivity index (χ1v) is 16.3. The average molecular weight is 735 g/mol. The van der Waals surface area contributed by atoms with Crippen LogP contribution in [0, 0.1) is 17.5 Å². The van der Waals surface area contributed by atoms with Crippen LogP contribution in [0.3, 0.4) is 0 Å². The van der Waals surface area contributed by atoms with Crippen molar-refractivity contribution in [3.8, 4) is 17.2 Å². The molecule has 6 rings (SSSR count). The zero-order valence-electron chi connectivity index (χ0n) is 28.5. The van der Waals surface area contributed by atoms with E-state index >= 15 is 0 Å². The molecule has 0 aliphatic rings. The lowest BCUT2D eigenvalue weighted by atomic mass is 9.99. The second-order valence-corrected chi connectivity index (χ2v) is 11.3. The number of rotatable bonds is 10. The van der Waals surface area contributed by atoms with Gasteiger partial charge in [-0.3, -0.25) is 19.2 Å². The number of carboxylic acid groups (broad SMARTS) is 1. The second kappa shape index (κ2) is 20.7. The lowest BCUT2D eigenvalue weighted by Crippen LogP contribution is -2.29. The fraction of sp³-hybridized carbons (Fsp3) is 0.0698. The van der Waals surface area contributed by atoms with Crippen molar-refractivity contribution in [1.82, 2.24) is 0 Å². The standard InChI is InChI=1S/C21H15FO4.C14H11FO2.C8H7FO2/c22-16-9-7-8-15(14-16)19(20(23)25-17-10-3-1-4-11-17)21(24)26-18-12-5-2-6-13-18;15-12-6-4-5-11(9-12)10-14(16)17-13-7-2-1-3-8-13;9-7-3-1-2-6(4-7)5-8(10)11/h1-14,19H;1-9H,10H2;1-4H,5H2,(H,10,11). The number of carboxylic acids is 1. The molecular weight excluding hydrogens is 701 g/mol. The maximum Gasteiger partial charge on any atom is 0.330 e. The molecule has 6 aromatic rings. The SMILES string of the molecule is O=C(Cc1cccc(F)c1)Oc1ccccc1.O=C(O)Cc1cccc(F)c1.O=C(Oc1ccccc1)C(C(=O)Oc1ccccc1)c1cccc(F)c1. The third-order valence-electron chi connectivity index (χ3n) is 7.03. The molecule has 0 aromatic heterocycles. The average Bonchev–Trinajstić information content (AvgIpc) is 3.13. The van der Waals surface area contributed by atoms with E-state index in [0.717, 1.165) is 6.07 Å². The number of hydrogen-bond donors (Lipinski definition) is 1. The molecule has 0 saturated heterocycles. The van der Waals surface area contributed by atoms with Crippen LogP contribution in [0.2, 0.25) is 0 Å². The van der Waals surface area contributed by atoms with Crippen LogP contribution in [0.15, 0.2) is 164 Å². The van der Waals surface area contributed by atoms with Crippen molar-refractivity contribution in [3.63, 3.8) is 0 Å². The van der Waals surface area contributed by atoms with Crippen molar-refractivity contribution >= 4 is 23.9 Å². The van der Waals surface area contributed by atoms with E-state index in [9.17, 15) is 32.3 Å². The van der Waals surface area contributed by atoms with E-state index in [1.807, 2.05) is 6.07 Å². The Morgan fingerprint density at radius 2 is 0.852 bits per heavy atom. The number of carbonyl (C=O) groups is 4. The Balaban J connectivity index is 0.000000199. The number of halogens is 3. The molecule has 0 heterocycles. The number of aliphatic carboxylic acids is 1. The van der Waals surface area contributed by atoms with Crippen molar-refractivity contribution in [1.29, 1.82) is 0 Å². The summed E-state index contributed by atoms with van der Waals surface area (Å²) < 4.78 is 54.6. The molecule has 0 radical (unpaired) electrons. The molecule has 0 saturated carbocycles. The Bertz CT molecular complexity index is 2070. The lowest BCUT2D eigenvalue weighted by Gasteiger charge is -2.15. The number of para-hydroxylation sites is 3. The van der Waals surface area contributed by atoms with Crippen LogP contribution in [-0.2, 0) is 32.0 Å². The quantitative estimate of drug-likeness (QED) is 0.0846. The molecule has 0 spiro atoms. The maximum atomic E-state index is 13.6. The van der Waals surface area contributed by atoms with Crippen LogP contribution in [0.25, 0.3) is 0 Å². The predicted octanol–water partition coefficient (Wildman–Crippen LogP) is 8.55. The van der Waals surface area contributed by atoms with Crippen LogP contribution in [0.5, 0.6) is 17.2 Å². The van der Waals surface area contributed by atoms with Crippen LogP contribution in [0.4, 0.5) is 13.2 Å². The second-order valence-electron chi connectivity index (χ2n) is 11.3. The molecule has 54 heavy (non-hydrogen) atoms. The van der Waals surface area contributed by atoms with Gasteiger partial charge in [0.05, 0.1) is 12.8 Å². The highest BCUT2D eigenvalue weighted by atomic mass is 19.1. The first-order chi connectivity index (χ1) is 26.0. The van der Waals surface area contributed by atoms with E-state index in [0.29, 0.717) is 16.9 Å². The van der Waals surface area contributed by atoms with Gasteiger partial charge in [0.25, 0.3) is 0 Å². The molecule has 0 unspecified atom stereocenters. The molecule has 0 aliphatic heterocycles. The highest BCUT2D eigenvalue weighted by Crippen LogP contribution is 2.24. The van der Waals surface area contributed by atoms with Crippen LogP contribution >= 0.6 is 0 Å². The van der Waals surface area contributed by atoms with E-state index in [1.54, 1.807) is 103 Å². The Kier molecular flexibility index (Phi) is 15.3. The normalized spacial score (nSPS) is 10.1. The minimum Gasteiger partial charge on any atom is -0.481 e. The zero-order chi connectivity index (χ0) is 38.7. The monoisotopic (exact) mass is 734 g/mol. The molecule has 0 bridgehead atoms. The number of esters is 3. The van der Waals surface area contributed by atoms with Gasteiger partial charge in [0, 0.05) is 0 Å². The Morgan fingerprint density at radius 1 is 0.463 bits per heavy atom. The minimum atomic E-state index is -1.41. The summed E-state index contributed by atoms with van der Waals surface area (Å²) >= 11 is 0. The van der Waals surface area contributed by atoms with Gasteiger partial charge in [0.2, 0.25) is 0 Å². The van der Waals surface area contributed by atoms with Crippen molar-refractivity contribution < 1.29 is 51.7 Å². The van der Waals surface area contributed by atoms with E-state index in [-0.39, 0.29) is 35.7 Å². The molecule has 0 atom stereocenters. The highest BCUT2D eigenvalue weighted by molar-refractivity contribution is 6.02. The fourth-order valence-electron chi connectivity index (χ4n) is 4.67. The first-order valence-electron chi connectivity index (χ1n) is 16.3. The minimum absolute atomic E-state index is 0.0622. The molecule has 274 valence electrons. The largest absolute Gasteiger partial charge is 0.481 e. The summed E-state index contributed by atoms with van der Waals surface area (Å²) in [6.45, 7) is 0. The highest BCUT2D eigenvalue weighted by Gasteiger charge is 2.33. The first kappa shape index (κ1) is 39.8. The van der Waals surface area contributed by atoms with Crippen molar-refractivity contribution in [2.24, 2.45) is 0 Å². The van der Waals surface area contributed by atoms with Gasteiger partial charge in [-0.25, -0.2) is 13.2 Å². The summed E-state index contributed by atoms with van der Waals surface area (Å²) in [5.74, 6) is -4.70. The zero-order valence-corrected chi connectivity index (χ0v) is 28.5. The van der Waals surface area contributed by atoms with Crippen molar-refractivity contribution in [2.45, 2.75) is 18.8 Å². The topological polar surface area (TPSA) is 116 Å². The van der Waals surface area contributed by atoms with Gasteiger partial charge in [0.15, 0.2) is 5.92 Å². The lowest BCUT2D eigenvalue weighted by molar-refractivity contribution is -0.147. The summed E-state index contributed by atoms with van der Waals surface area (Å²) in [6.07, 6.45) is -0.0651. The van der Waals surface area contributed by atoms with Crippen molar-refractivity contribution in [3.05, 3.63) is 198 Å². The Hall–Kier alpha value is -7.01. The predicted molar refractivity (Wildman–Crippen MR) is 193 cm³/mol.